The SMILES string of the molecule is CC(CCC[C@@H](C)[C@H]1CC[C@H]2[C@@H]3CCC4CCCC[C@]4(C)[C@H]3CC[C@]12C)COC(=O)c1ccccc1C(=O)O. The lowest BCUT2D eigenvalue weighted by atomic mass is 9.44. The lowest BCUT2D eigenvalue weighted by Crippen LogP contribution is -2.53. The van der Waals surface area contributed by atoms with Crippen LogP contribution in [0.1, 0.15) is 132 Å². The minimum Gasteiger partial charge on any atom is -0.478 e. The van der Waals surface area contributed by atoms with Crippen LogP contribution in [0.25, 0.3) is 0 Å². The highest BCUT2D eigenvalue weighted by Gasteiger charge is 2.60. The van der Waals surface area contributed by atoms with Gasteiger partial charge in [-0.15, -0.1) is 0 Å². The van der Waals surface area contributed by atoms with Crippen LogP contribution in [-0.2, 0) is 4.74 Å². The monoisotopic (exact) mass is 536 g/mol. The molecule has 0 radical (unpaired) electrons. The lowest BCUT2D eigenvalue weighted by Gasteiger charge is -2.61. The number of carboxylic acid groups (broad SMARTS) is 1. The highest BCUT2D eigenvalue weighted by atomic mass is 16.5. The maximum absolute atomic E-state index is 12.5. The Kier molecular flexibility index (Phi) is 8.51. The molecule has 0 bridgehead atoms. The second-order valence-electron chi connectivity index (χ2n) is 14.6. The molecule has 0 saturated heterocycles. The third-order valence-corrected chi connectivity index (χ3v) is 12.6. The first-order valence-electron chi connectivity index (χ1n) is 16.1. The number of fused-ring (bicyclic) bond motifs is 5. The summed E-state index contributed by atoms with van der Waals surface area (Å²) in [5.41, 5.74) is 1.29. The Labute approximate surface area is 236 Å². The van der Waals surface area contributed by atoms with Gasteiger partial charge in [0.15, 0.2) is 0 Å². The van der Waals surface area contributed by atoms with E-state index in [0.29, 0.717) is 17.4 Å². The van der Waals surface area contributed by atoms with E-state index in [9.17, 15) is 14.7 Å². The molecule has 0 aromatic heterocycles. The minimum atomic E-state index is -1.10. The van der Waals surface area contributed by atoms with Crippen LogP contribution in [0.15, 0.2) is 24.3 Å². The van der Waals surface area contributed by atoms with E-state index in [1.54, 1.807) is 12.1 Å². The van der Waals surface area contributed by atoms with E-state index >= 15 is 0 Å². The van der Waals surface area contributed by atoms with E-state index < -0.39 is 11.9 Å². The van der Waals surface area contributed by atoms with Gasteiger partial charge in [0.05, 0.1) is 17.7 Å². The normalized spacial score (nSPS) is 37.2. The summed E-state index contributed by atoms with van der Waals surface area (Å²) in [7, 11) is 0. The summed E-state index contributed by atoms with van der Waals surface area (Å²) >= 11 is 0. The van der Waals surface area contributed by atoms with Crippen molar-refractivity contribution in [2.45, 2.75) is 111 Å². The average molecular weight is 537 g/mol. The molecule has 5 rings (SSSR count). The standard InChI is InChI=1S/C35H52O4/c1-23(22-39-33(38)27-14-6-5-13-26(27)32(36)37)10-9-11-24(2)29-17-18-30-28-16-15-25-12-7-8-20-34(25,3)31(28)19-21-35(29,30)4/h5-6,13-14,23-25,28-31H,7-12,15-22H2,1-4H3,(H,36,37)/t23?,24-,25?,28+,29-,30+,31+,34+,35-/m1/s1. The summed E-state index contributed by atoms with van der Waals surface area (Å²) in [6.07, 6.45) is 18.2. The van der Waals surface area contributed by atoms with Gasteiger partial charge in [-0.3, -0.25) is 0 Å². The van der Waals surface area contributed by atoms with E-state index in [1.165, 1.54) is 82.8 Å². The van der Waals surface area contributed by atoms with Crippen LogP contribution < -0.4 is 0 Å². The van der Waals surface area contributed by atoms with Gasteiger partial charge in [0.2, 0.25) is 0 Å². The Balaban J connectivity index is 1.10. The first-order chi connectivity index (χ1) is 18.6. The molecular weight excluding hydrogens is 484 g/mol. The van der Waals surface area contributed by atoms with Gasteiger partial charge in [-0.2, -0.15) is 0 Å². The number of carbonyl (C=O) groups is 2. The van der Waals surface area contributed by atoms with E-state index in [4.69, 9.17) is 4.74 Å². The zero-order valence-electron chi connectivity index (χ0n) is 24.9. The van der Waals surface area contributed by atoms with Crippen molar-refractivity contribution in [1.82, 2.24) is 0 Å². The molecule has 1 N–H and O–H groups in total. The summed E-state index contributed by atoms with van der Waals surface area (Å²) in [5.74, 6) is 4.12. The Hall–Kier alpha value is -1.84. The van der Waals surface area contributed by atoms with Crippen LogP contribution in [0.4, 0.5) is 0 Å². The van der Waals surface area contributed by atoms with E-state index in [0.717, 1.165) is 48.3 Å². The summed E-state index contributed by atoms with van der Waals surface area (Å²) in [6, 6.07) is 6.29. The second kappa shape index (κ2) is 11.6. The summed E-state index contributed by atoms with van der Waals surface area (Å²) in [5, 5.41) is 9.35. The fourth-order valence-corrected chi connectivity index (χ4v) is 10.5. The van der Waals surface area contributed by atoms with Crippen molar-refractivity contribution in [3.05, 3.63) is 35.4 Å². The number of esters is 1. The number of hydrogen-bond acceptors (Lipinski definition) is 3. The van der Waals surface area contributed by atoms with Gasteiger partial charge < -0.3 is 9.84 Å². The van der Waals surface area contributed by atoms with E-state index in [1.807, 2.05) is 0 Å². The first kappa shape index (κ1) is 28.7. The molecule has 4 aliphatic rings. The van der Waals surface area contributed by atoms with Crippen LogP contribution in [0.5, 0.6) is 0 Å². The smallest absolute Gasteiger partial charge is 0.339 e. The van der Waals surface area contributed by atoms with Crippen molar-refractivity contribution in [2.75, 3.05) is 6.61 Å². The first-order valence-corrected chi connectivity index (χ1v) is 16.1. The van der Waals surface area contributed by atoms with Crippen LogP contribution in [0.3, 0.4) is 0 Å². The fourth-order valence-electron chi connectivity index (χ4n) is 10.5. The van der Waals surface area contributed by atoms with Crippen LogP contribution in [0, 0.1) is 52.3 Å². The molecule has 4 saturated carbocycles. The molecule has 0 aliphatic heterocycles. The van der Waals surface area contributed by atoms with E-state index in [-0.39, 0.29) is 17.0 Å². The second-order valence-corrected chi connectivity index (χ2v) is 14.6. The summed E-state index contributed by atoms with van der Waals surface area (Å²) in [4.78, 5) is 23.9. The third-order valence-electron chi connectivity index (χ3n) is 12.6. The molecule has 0 heterocycles. The number of hydrogen-bond donors (Lipinski definition) is 1. The van der Waals surface area contributed by atoms with Crippen molar-refractivity contribution in [1.29, 1.82) is 0 Å². The average Bonchev–Trinajstić information content (AvgIpc) is 3.28. The Morgan fingerprint density at radius 3 is 2.41 bits per heavy atom. The van der Waals surface area contributed by atoms with Crippen LogP contribution in [-0.4, -0.2) is 23.7 Å². The number of carbonyl (C=O) groups excluding carboxylic acids is 1. The van der Waals surface area contributed by atoms with Gasteiger partial charge in [-0.25, -0.2) is 9.59 Å². The lowest BCUT2D eigenvalue weighted by molar-refractivity contribution is -0.114. The molecule has 0 spiro atoms. The van der Waals surface area contributed by atoms with Gasteiger partial charge in [0.25, 0.3) is 0 Å². The molecule has 4 heteroatoms. The Bertz CT molecular complexity index is 1030. The molecule has 4 fully saturated rings. The molecule has 1 aromatic rings. The molecule has 9 atom stereocenters. The summed E-state index contributed by atoms with van der Waals surface area (Å²) < 4.78 is 5.52. The summed E-state index contributed by atoms with van der Waals surface area (Å²) in [6.45, 7) is 10.4. The van der Waals surface area contributed by atoms with E-state index in [2.05, 4.69) is 27.7 Å². The highest BCUT2D eigenvalue weighted by Crippen LogP contribution is 2.68. The minimum absolute atomic E-state index is 0.00210. The number of ether oxygens (including phenoxy) is 1. The topological polar surface area (TPSA) is 63.6 Å². The van der Waals surface area contributed by atoms with Crippen molar-refractivity contribution in [3.8, 4) is 0 Å². The quantitative estimate of drug-likeness (QED) is 0.320. The number of benzene rings is 1. The molecule has 0 amide bonds. The molecular formula is C35H52O4. The number of aromatic carboxylic acids is 1. The maximum atomic E-state index is 12.5. The van der Waals surface area contributed by atoms with Crippen LogP contribution in [0.2, 0.25) is 0 Å². The van der Waals surface area contributed by atoms with Gasteiger partial charge in [-0.05, 0) is 122 Å². The predicted molar refractivity (Wildman–Crippen MR) is 156 cm³/mol. The largest absolute Gasteiger partial charge is 0.478 e. The Morgan fingerprint density at radius 1 is 0.897 bits per heavy atom. The zero-order chi connectivity index (χ0) is 27.8. The van der Waals surface area contributed by atoms with Gasteiger partial charge in [0, 0.05) is 0 Å². The van der Waals surface area contributed by atoms with Crippen molar-refractivity contribution in [3.63, 3.8) is 0 Å². The highest BCUT2D eigenvalue weighted by molar-refractivity contribution is 6.02. The van der Waals surface area contributed by atoms with Crippen molar-refractivity contribution >= 4 is 11.9 Å². The van der Waals surface area contributed by atoms with Crippen molar-refractivity contribution in [2.24, 2.45) is 52.3 Å². The molecule has 4 aliphatic carbocycles. The third kappa shape index (κ3) is 5.43. The van der Waals surface area contributed by atoms with Crippen molar-refractivity contribution < 1.29 is 19.4 Å². The predicted octanol–water partition coefficient (Wildman–Crippen LogP) is 9.03. The number of carboxylic acids is 1. The molecule has 4 nitrogen and oxygen atoms in total. The number of rotatable bonds is 9. The van der Waals surface area contributed by atoms with Gasteiger partial charge in [0.1, 0.15) is 0 Å². The van der Waals surface area contributed by atoms with Gasteiger partial charge in [-0.1, -0.05) is 65.5 Å². The zero-order valence-corrected chi connectivity index (χ0v) is 24.9. The molecule has 216 valence electrons. The molecule has 2 unspecified atom stereocenters. The van der Waals surface area contributed by atoms with Gasteiger partial charge >= 0.3 is 11.9 Å². The van der Waals surface area contributed by atoms with Crippen LogP contribution >= 0.6 is 0 Å². The molecule has 39 heavy (non-hydrogen) atoms. The Morgan fingerprint density at radius 2 is 1.64 bits per heavy atom. The fraction of sp³-hybridized carbons (Fsp3) is 0.771. The molecule has 1 aromatic carbocycles. The maximum Gasteiger partial charge on any atom is 0.339 e.